The van der Waals surface area contributed by atoms with Crippen LogP contribution in [0.5, 0.6) is 0 Å². The minimum Gasteiger partial charge on any atom is -0.464 e. The van der Waals surface area contributed by atoms with E-state index in [4.69, 9.17) is 14.4 Å². The van der Waals surface area contributed by atoms with Crippen molar-refractivity contribution in [1.29, 1.82) is 0 Å². The van der Waals surface area contributed by atoms with Crippen molar-refractivity contribution in [2.75, 3.05) is 14.2 Å². The van der Waals surface area contributed by atoms with Gasteiger partial charge in [0.05, 0.1) is 13.3 Å². The summed E-state index contributed by atoms with van der Waals surface area (Å²) in [5, 5.41) is 7.88. The first-order valence-corrected chi connectivity index (χ1v) is 8.90. The maximum atomic E-state index is 12.1. The van der Waals surface area contributed by atoms with Gasteiger partial charge in [0.15, 0.2) is 5.71 Å². The van der Waals surface area contributed by atoms with E-state index in [9.17, 15) is 4.79 Å². The predicted molar refractivity (Wildman–Crippen MR) is 110 cm³/mol. The molecule has 0 unspecified atom stereocenters. The third-order valence-electron chi connectivity index (χ3n) is 4.23. The van der Waals surface area contributed by atoms with Crippen LogP contribution in [-0.4, -0.2) is 32.1 Å². The lowest BCUT2D eigenvalue weighted by molar-refractivity contribution is -0.132. The molecule has 0 amide bonds. The molecule has 1 aliphatic rings. The van der Waals surface area contributed by atoms with Crippen molar-refractivity contribution in [1.82, 2.24) is 0 Å². The van der Waals surface area contributed by atoms with E-state index in [1.165, 1.54) is 14.2 Å². The van der Waals surface area contributed by atoms with Crippen molar-refractivity contribution in [3.05, 3.63) is 70.8 Å². The number of esters is 1. The quantitative estimate of drug-likeness (QED) is 0.404. The number of carbonyl (C=O) groups is 1. The first-order chi connectivity index (χ1) is 13.4. The van der Waals surface area contributed by atoms with E-state index in [0.29, 0.717) is 5.56 Å². The van der Waals surface area contributed by atoms with Crippen LogP contribution in [0.25, 0.3) is 0 Å². The summed E-state index contributed by atoms with van der Waals surface area (Å²) in [7, 11) is 2.68. The van der Waals surface area contributed by atoms with E-state index in [1.807, 2.05) is 37.3 Å². The average Bonchev–Trinajstić information content (AvgIpc) is 2.84. The summed E-state index contributed by atoms with van der Waals surface area (Å²) >= 11 is 0. The van der Waals surface area contributed by atoms with Crippen LogP contribution in [0.4, 0.5) is 0 Å². The molecule has 0 saturated carbocycles. The van der Waals surface area contributed by atoms with Gasteiger partial charge in [0.1, 0.15) is 13.7 Å². The topological polar surface area (TPSA) is 69.5 Å². The molecule has 0 aromatic heterocycles. The molecule has 1 aromatic carbocycles. The monoisotopic (exact) mass is 382 g/mol. The van der Waals surface area contributed by atoms with Crippen LogP contribution < -0.4 is 0 Å². The number of ether oxygens (including phenoxy) is 1. The summed E-state index contributed by atoms with van der Waals surface area (Å²) < 4.78 is 4.81. The number of aryl methyl sites for hydroxylation is 1. The summed E-state index contributed by atoms with van der Waals surface area (Å²) in [5.41, 5.74) is 3.34. The van der Waals surface area contributed by atoms with Gasteiger partial charge in [-0.25, -0.2) is 4.79 Å². The van der Waals surface area contributed by atoms with Gasteiger partial charge < -0.3 is 14.4 Å². The Morgan fingerprint density at radius 2 is 2.00 bits per heavy atom. The normalized spacial score (nSPS) is 15.9. The standard InChI is InChI=1S/C22H26N2O4/c1-16-8-6-10-18(20(24-27-5)21(25)26-4)19(16)15-28-23-14-17-9-7-12-22(2,3)13-11-17/h6-14H,15H2,1-5H3/b23-14+,24-20+. The second-order valence-electron chi connectivity index (χ2n) is 6.90. The molecule has 1 aromatic rings. The van der Waals surface area contributed by atoms with Crippen LogP contribution >= 0.6 is 0 Å². The van der Waals surface area contributed by atoms with Crippen molar-refractivity contribution < 1.29 is 19.2 Å². The van der Waals surface area contributed by atoms with Crippen molar-refractivity contribution in [3.63, 3.8) is 0 Å². The van der Waals surface area contributed by atoms with E-state index in [2.05, 4.69) is 36.3 Å². The fraction of sp³-hybridized carbons (Fsp3) is 0.318. The van der Waals surface area contributed by atoms with Gasteiger partial charge >= 0.3 is 5.97 Å². The number of allylic oxidation sites excluding steroid dienone is 6. The Balaban J connectivity index is 2.17. The second kappa shape index (κ2) is 9.69. The van der Waals surface area contributed by atoms with Crippen molar-refractivity contribution >= 4 is 17.9 Å². The first kappa shape index (κ1) is 21.2. The minimum atomic E-state index is -0.583. The smallest absolute Gasteiger partial charge is 0.360 e. The summed E-state index contributed by atoms with van der Waals surface area (Å²) in [4.78, 5) is 22.4. The van der Waals surface area contributed by atoms with Crippen LogP contribution in [-0.2, 0) is 25.8 Å². The number of methoxy groups -OCH3 is 1. The van der Waals surface area contributed by atoms with Crippen molar-refractivity contribution in [2.45, 2.75) is 27.4 Å². The van der Waals surface area contributed by atoms with E-state index in [-0.39, 0.29) is 17.7 Å². The Morgan fingerprint density at radius 3 is 2.71 bits per heavy atom. The summed E-state index contributed by atoms with van der Waals surface area (Å²) in [6.07, 6.45) is 11.9. The first-order valence-electron chi connectivity index (χ1n) is 8.90. The maximum absolute atomic E-state index is 12.1. The fourth-order valence-electron chi connectivity index (χ4n) is 2.62. The van der Waals surface area contributed by atoms with Crippen molar-refractivity contribution in [3.8, 4) is 0 Å². The van der Waals surface area contributed by atoms with Crippen LogP contribution in [0.2, 0.25) is 0 Å². The Bertz CT molecular complexity index is 861. The lowest BCUT2D eigenvalue weighted by Crippen LogP contribution is -2.20. The molecule has 0 saturated heterocycles. The zero-order valence-electron chi connectivity index (χ0n) is 16.9. The molecule has 1 aliphatic carbocycles. The number of hydrogen-bond donors (Lipinski definition) is 0. The Morgan fingerprint density at radius 1 is 1.21 bits per heavy atom. The number of rotatable bonds is 7. The summed E-state index contributed by atoms with van der Waals surface area (Å²) in [5.74, 6) is -0.583. The van der Waals surface area contributed by atoms with Gasteiger partial charge in [-0.1, -0.05) is 72.7 Å². The van der Waals surface area contributed by atoms with Crippen LogP contribution in [0.1, 0.15) is 30.5 Å². The van der Waals surface area contributed by atoms with Gasteiger partial charge in [-0.15, -0.1) is 0 Å². The molecule has 0 heterocycles. The number of oxime groups is 2. The Labute approximate surface area is 165 Å². The molecular formula is C22H26N2O4. The molecule has 0 aliphatic heterocycles. The van der Waals surface area contributed by atoms with Gasteiger partial charge in [0, 0.05) is 16.5 Å². The van der Waals surface area contributed by atoms with Crippen molar-refractivity contribution in [2.24, 2.45) is 15.7 Å². The van der Waals surface area contributed by atoms with Gasteiger partial charge in [-0.3, -0.25) is 0 Å². The molecule has 0 spiro atoms. The molecule has 0 N–H and O–H groups in total. The van der Waals surface area contributed by atoms with E-state index >= 15 is 0 Å². The second-order valence-corrected chi connectivity index (χ2v) is 6.90. The maximum Gasteiger partial charge on any atom is 0.360 e. The summed E-state index contributed by atoms with van der Waals surface area (Å²) in [6, 6.07) is 5.53. The lowest BCUT2D eigenvalue weighted by Gasteiger charge is -2.12. The molecule has 0 fully saturated rings. The molecule has 0 bridgehead atoms. The molecule has 0 radical (unpaired) electrons. The molecular weight excluding hydrogens is 356 g/mol. The summed E-state index contributed by atoms with van der Waals surface area (Å²) in [6.45, 7) is 6.36. The highest BCUT2D eigenvalue weighted by Crippen LogP contribution is 2.22. The van der Waals surface area contributed by atoms with Gasteiger partial charge in [-0.05, 0) is 18.1 Å². The zero-order valence-corrected chi connectivity index (χ0v) is 16.9. The number of hydrogen-bond acceptors (Lipinski definition) is 6. The third kappa shape index (κ3) is 5.67. The van der Waals surface area contributed by atoms with E-state index in [0.717, 1.165) is 16.7 Å². The third-order valence-corrected chi connectivity index (χ3v) is 4.23. The van der Waals surface area contributed by atoms with E-state index in [1.54, 1.807) is 12.3 Å². The molecule has 148 valence electrons. The van der Waals surface area contributed by atoms with Gasteiger partial charge in [-0.2, -0.15) is 0 Å². The zero-order chi connectivity index (χ0) is 20.6. The largest absolute Gasteiger partial charge is 0.464 e. The van der Waals surface area contributed by atoms with Crippen LogP contribution in [0, 0.1) is 12.3 Å². The van der Waals surface area contributed by atoms with Gasteiger partial charge in [0.25, 0.3) is 0 Å². The Hall–Kier alpha value is -3.15. The van der Waals surface area contributed by atoms with Crippen LogP contribution in [0.15, 0.2) is 64.5 Å². The SMILES string of the molecule is CO/N=C(/C(=O)OC)c1cccc(C)c1CO/N=C/C1=CC=CC(C)(C)C=C1. The van der Waals surface area contributed by atoms with E-state index < -0.39 is 5.97 Å². The highest BCUT2D eigenvalue weighted by Gasteiger charge is 2.20. The lowest BCUT2D eigenvalue weighted by atomic mass is 9.93. The number of carbonyl (C=O) groups excluding carboxylic acids is 1. The average molecular weight is 382 g/mol. The molecule has 0 atom stereocenters. The highest BCUT2D eigenvalue weighted by molar-refractivity contribution is 6.43. The predicted octanol–water partition coefficient (Wildman–Crippen LogP) is 4.10. The molecule has 2 rings (SSSR count). The molecule has 6 heteroatoms. The molecule has 6 nitrogen and oxygen atoms in total. The number of nitrogens with zero attached hydrogens (tertiary/aromatic N) is 2. The minimum absolute atomic E-state index is 0.00791. The number of benzene rings is 1. The molecule has 28 heavy (non-hydrogen) atoms. The highest BCUT2D eigenvalue weighted by atomic mass is 16.6. The fourth-order valence-corrected chi connectivity index (χ4v) is 2.62. The van der Waals surface area contributed by atoms with Crippen LogP contribution in [0.3, 0.4) is 0 Å². The van der Waals surface area contributed by atoms with Gasteiger partial charge in [0.2, 0.25) is 0 Å². The Kier molecular flexibility index (Phi) is 7.32.